The van der Waals surface area contributed by atoms with Crippen molar-refractivity contribution in [3.8, 4) is 6.07 Å². The number of hydrogen-bond donors (Lipinski definition) is 1. The third-order valence-corrected chi connectivity index (χ3v) is 5.63. The van der Waals surface area contributed by atoms with Crippen LogP contribution in [-0.4, -0.2) is 6.26 Å². The Labute approximate surface area is 127 Å². The number of nitriles is 1. The number of thioether (sulfide) groups is 1. The van der Waals surface area contributed by atoms with E-state index in [-0.39, 0.29) is 0 Å². The molecular formula is C16H16N2S2. The summed E-state index contributed by atoms with van der Waals surface area (Å²) in [5.41, 5.74) is 3.22. The fourth-order valence-electron chi connectivity index (χ4n) is 2.62. The first-order chi connectivity index (χ1) is 9.81. The van der Waals surface area contributed by atoms with Crippen LogP contribution in [-0.2, 0) is 19.4 Å². The molecule has 102 valence electrons. The van der Waals surface area contributed by atoms with Gasteiger partial charge in [-0.2, -0.15) is 5.26 Å². The zero-order valence-electron chi connectivity index (χ0n) is 11.4. The van der Waals surface area contributed by atoms with Gasteiger partial charge < -0.3 is 5.32 Å². The third-order valence-electron chi connectivity index (χ3n) is 3.61. The van der Waals surface area contributed by atoms with E-state index in [0.29, 0.717) is 0 Å². The highest BCUT2D eigenvalue weighted by atomic mass is 32.2. The van der Waals surface area contributed by atoms with Gasteiger partial charge in [0.15, 0.2) is 0 Å². The van der Waals surface area contributed by atoms with Gasteiger partial charge in [-0.15, -0.1) is 23.1 Å². The van der Waals surface area contributed by atoms with Gasteiger partial charge in [0, 0.05) is 21.2 Å². The minimum Gasteiger partial charge on any atom is -0.379 e. The van der Waals surface area contributed by atoms with Gasteiger partial charge in [0.25, 0.3) is 0 Å². The lowest BCUT2D eigenvalue weighted by atomic mass is 10.2. The van der Waals surface area contributed by atoms with Gasteiger partial charge in [0.1, 0.15) is 6.07 Å². The predicted octanol–water partition coefficient (Wildman–Crippen LogP) is 4.44. The molecule has 0 bridgehead atoms. The standard InChI is InChI=1S/C16H16N2S2/c1-19-16-7-3-5-14(13(16)9-17)18-10-12-8-11-4-2-6-15(11)20-12/h3,5,7-8,18H,2,4,6,10H2,1H3. The highest BCUT2D eigenvalue weighted by molar-refractivity contribution is 7.98. The van der Waals surface area contributed by atoms with Crippen molar-refractivity contribution in [1.82, 2.24) is 0 Å². The maximum atomic E-state index is 9.32. The van der Waals surface area contributed by atoms with E-state index in [1.165, 1.54) is 29.7 Å². The largest absolute Gasteiger partial charge is 0.379 e. The van der Waals surface area contributed by atoms with Gasteiger partial charge in [0.2, 0.25) is 0 Å². The molecule has 1 aliphatic rings. The minimum atomic E-state index is 0.754. The quantitative estimate of drug-likeness (QED) is 0.848. The number of anilines is 1. The van der Waals surface area contributed by atoms with E-state index in [1.54, 1.807) is 16.6 Å². The number of rotatable bonds is 4. The second kappa shape index (κ2) is 5.90. The Hall–Kier alpha value is -1.44. The number of aryl methyl sites for hydroxylation is 2. The predicted molar refractivity (Wildman–Crippen MR) is 86.6 cm³/mol. The first-order valence-electron chi connectivity index (χ1n) is 6.73. The van der Waals surface area contributed by atoms with Crippen LogP contribution >= 0.6 is 23.1 Å². The molecule has 20 heavy (non-hydrogen) atoms. The number of thiophene rings is 1. The van der Waals surface area contributed by atoms with Crippen LogP contribution in [0.2, 0.25) is 0 Å². The zero-order chi connectivity index (χ0) is 13.9. The summed E-state index contributed by atoms with van der Waals surface area (Å²) in [5.74, 6) is 0. The average molecular weight is 300 g/mol. The molecule has 0 atom stereocenters. The van der Waals surface area contributed by atoms with Gasteiger partial charge in [-0.25, -0.2) is 0 Å². The monoisotopic (exact) mass is 300 g/mol. The van der Waals surface area contributed by atoms with Crippen molar-refractivity contribution >= 4 is 28.8 Å². The lowest BCUT2D eigenvalue weighted by molar-refractivity contribution is 0.913. The molecule has 0 saturated carbocycles. The second-order valence-electron chi connectivity index (χ2n) is 4.86. The van der Waals surface area contributed by atoms with Gasteiger partial charge in [-0.1, -0.05) is 6.07 Å². The molecule has 1 aromatic heterocycles. The van der Waals surface area contributed by atoms with Gasteiger partial charge in [-0.05, 0) is 49.3 Å². The van der Waals surface area contributed by atoms with Gasteiger partial charge in [0.05, 0.1) is 11.3 Å². The van der Waals surface area contributed by atoms with Crippen LogP contribution < -0.4 is 5.32 Å². The SMILES string of the molecule is CSc1cccc(NCc2cc3c(s2)CCC3)c1C#N. The lowest BCUT2D eigenvalue weighted by Gasteiger charge is -2.09. The summed E-state index contributed by atoms with van der Waals surface area (Å²) in [6.07, 6.45) is 5.79. The summed E-state index contributed by atoms with van der Waals surface area (Å²) in [6, 6.07) is 10.6. The molecule has 0 saturated heterocycles. The van der Waals surface area contributed by atoms with Crippen LogP contribution in [0.4, 0.5) is 5.69 Å². The summed E-state index contributed by atoms with van der Waals surface area (Å²) in [6.45, 7) is 0.810. The summed E-state index contributed by atoms with van der Waals surface area (Å²) in [5, 5.41) is 12.7. The van der Waals surface area contributed by atoms with E-state index in [2.05, 4.69) is 17.5 Å². The highest BCUT2D eigenvalue weighted by Gasteiger charge is 2.15. The van der Waals surface area contributed by atoms with Gasteiger partial charge in [-0.3, -0.25) is 0 Å². The number of nitrogens with zero attached hydrogens (tertiary/aromatic N) is 1. The maximum absolute atomic E-state index is 9.32. The Kier molecular flexibility index (Phi) is 4.00. The van der Waals surface area contributed by atoms with Crippen LogP contribution in [0, 0.1) is 11.3 Å². The normalized spacial score (nSPS) is 13.0. The van der Waals surface area contributed by atoms with Crippen molar-refractivity contribution in [2.24, 2.45) is 0 Å². The van der Waals surface area contributed by atoms with E-state index in [9.17, 15) is 5.26 Å². The molecule has 0 amide bonds. The summed E-state index contributed by atoms with van der Waals surface area (Å²) in [4.78, 5) is 3.96. The third kappa shape index (κ3) is 2.56. The van der Waals surface area contributed by atoms with Crippen molar-refractivity contribution in [2.45, 2.75) is 30.7 Å². The minimum absolute atomic E-state index is 0.754. The lowest BCUT2D eigenvalue weighted by Crippen LogP contribution is -2.00. The summed E-state index contributed by atoms with van der Waals surface area (Å²) in [7, 11) is 0. The molecule has 3 rings (SSSR count). The van der Waals surface area contributed by atoms with Crippen molar-refractivity contribution < 1.29 is 0 Å². The smallest absolute Gasteiger partial charge is 0.102 e. The number of benzene rings is 1. The number of fused-ring (bicyclic) bond motifs is 1. The van der Waals surface area contributed by atoms with Crippen LogP contribution in [0.15, 0.2) is 29.2 Å². The number of nitrogens with one attached hydrogen (secondary N) is 1. The first-order valence-corrected chi connectivity index (χ1v) is 8.77. The van der Waals surface area contributed by atoms with Crippen molar-refractivity contribution in [3.63, 3.8) is 0 Å². The molecule has 1 heterocycles. The molecule has 0 spiro atoms. The Bertz CT molecular complexity index is 646. The average Bonchev–Trinajstić information content (AvgIpc) is 3.05. The molecule has 0 radical (unpaired) electrons. The van der Waals surface area contributed by atoms with Crippen LogP contribution in [0.25, 0.3) is 0 Å². The van der Waals surface area contributed by atoms with E-state index in [4.69, 9.17) is 0 Å². The Balaban J connectivity index is 1.76. The molecule has 1 N–H and O–H groups in total. The molecule has 0 fully saturated rings. The molecule has 2 aromatic rings. The molecule has 1 aromatic carbocycles. The Morgan fingerprint density at radius 3 is 3.05 bits per heavy atom. The molecule has 1 aliphatic carbocycles. The Morgan fingerprint density at radius 1 is 1.40 bits per heavy atom. The summed E-state index contributed by atoms with van der Waals surface area (Å²) < 4.78 is 0. The fourth-order valence-corrected chi connectivity index (χ4v) is 4.40. The van der Waals surface area contributed by atoms with Crippen LogP contribution in [0.3, 0.4) is 0 Å². The van der Waals surface area contributed by atoms with Crippen molar-refractivity contribution in [1.29, 1.82) is 5.26 Å². The Morgan fingerprint density at radius 2 is 2.30 bits per heavy atom. The van der Waals surface area contributed by atoms with Crippen molar-refractivity contribution in [3.05, 3.63) is 45.1 Å². The molecule has 4 heteroatoms. The molecule has 0 unspecified atom stereocenters. The maximum Gasteiger partial charge on any atom is 0.102 e. The summed E-state index contributed by atoms with van der Waals surface area (Å²) >= 11 is 3.53. The van der Waals surface area contributed by atoms with Crippen molar-refractivity contribution in [2.75, 3.05) is 11.6 Å². The topological polar surface area (TPSA) is 35.8 Å². The van der Waals surface area contributed by atoms with E-state index in [1.807, 2.05) is 35.8 Å². The van der Waals surface area contributed by atoms with Crippen LogP contribution in [0.1, 0.15) is 27.3 Å². The van der Waals surface area contributed by atoms with Gasteiger partial charge >= 0.3 is 0 Å². The van der Waals surface area contributed by atoms with E-state index >= 15 is 0 Å². The molecule has 0 aliphatic heterocycles. The first kappa shape index (κ1) is 13.5. The highest BCUT2D eigenvalue weighted by Crippen LogP contribution is 2.32. The fraction of sp³-hybridized carbons (Fsp3) is 0.312. The zero-order valence-corrected chi connectivity index (χ0v) is 13.0. The molecule has 2 nitrogen and oxygen atoms in total. The molecular weight excluding hydrogens is 284 g/mol. The van der Waals surface area contributed by atoms with Crippen LogP contribution in [0.5, 0.6) is 0 Å². The second-order valence-corrected chi connectivity index (χ2v) is 6.93. The van der Waals surface area contributed by atoms with E-state index < -0.39 is 0 Å². The van der Waals surface area contributed by atoms with E-state index in [0.717, 1.165) is 22.7 Å². The number of hydrogen-bond acceptors (Lipinski definition) is 4.